The Hall–Kier alpha value is -1.85. The van der Waals surface area contributed by atoms with Crippen molar-refractivity contribution in [1.82, 2.24) is 5.32 Å². The molecule has 1 N–H and O–H groups in total. The molecule has 0 aliphatic heterocycles. The van der Waals surface area contributed by atoms with Crippen LogP contribution in [0.4, 0.5) is 13.2 Å². The molecule has 0 aliphatic carbocycles. The Morgan fingerprint density at radius 1 is 1.05 bits per heavy atom. The van der Waals surface area contributed by atoms with E-state index in [9.17, 15) is 22.8 Å². The number of rotatable bonds is 4. The van der Waals surface area contributed by atoms with Gasteiger partial charge >= 0.3 is 6.18 Å². The number of carbonyl (C=O) groups is 2. The van der Waals surface area contributed by atoms with Crippen LogP contribution in [0, 0.1) is 5.41 Å². The quantitative estimate of drug-likeness (QED) is 0.929. The summed E-state index contributed by atoms with van der Waals surface area (Å²) in [4.78, 5) is 23.3. The molecule has 0 fully saturated rings. The van der Waals surface area contributed by atoms with Gasteiger partial charge in [-0.2, -0.15) is 13.2 Å². The minimum atomic E-state index is -4.39. The maximum absolute atomic E-state index is 12.4. The molecule has 0 unspecified atom stereocenters. The lowest BCUT2D eigenvalue weighted by Crippen LogP contribution is -2.36. The summed E-state index contributed by atoms with van der Waals surface area (Å²) >= 11 is 0. The van der Waals surface area contributed by atoms with Gasteiger partial charge in [-0.15, -0.1) is 0 Å². The van der Waals surface area contributed by atoms with E-state index in [1.165, 1.54) is 12.1 Å². The van der Waals surface area contributed by atoms with Crippen molar-refractivity contribution in [2.75, 3.05) is 6.54 Å². The van der Waals surface area contributed by atoms with E-state index < -0.39 is 23.1 Å². The molecular weight excluding hydrogens is 283 g/mol. The summed E-state index contributed by atoms with van der Waals surface area (Å²) < 4.78 is 37.2. The molecule has 0 aromatic heterocycles. The monoisotopic (exact) mass is 301 g/mol. The summed E-state index contributed by atoms with van der Waals surface area (Å²) in [6.07, 6.45) is -4.45. The van der Waals surface area contributed by atoms with Gasteiger partial charge in [0, 0.05) is 5.41 Å². The number of halogens is 3. The fraction of sp³-hybridized carbons (Fsp3) is 0.467. The highest BCUT2D eigenvalue weighted by molar-refractivity contribution is 5.89. The highest BCUT2D eigenvalue weighted by Gasteiger charge is 2.30. The zero-order valence-corrected chi connectivity index (χ0v) is 12.2. The van der Waals surface area contributed by atoms with E-state index in [4.69, 9.17) is 0 Å². The number of carbonyl (C=O) groups excluding carboxylic acids is 2. The van der Waals surface area contributed by atoms with E-state index in [2.05, 4.69) is 5.32 Å². The molecule has 0 saturated carbocycles. The van der Waals surface area contributed by atoms with E-state index in [-0.39, 0.29) is 18.7 Å². The number of ketones is 1. The molecule has 0 radical (unpaired) electrons. The first-order chi connectivity index (χ1) is 9.50. The zero-order chi connectivity index (χ0) is 16.3. The fourth-order valence-electron chi connectivity index (χ4n) is 1.50. The summed E-state index contributed by atoms with van der Waals surface area (Å²) in [6.45, 7) is 5.16. The van der Waals surface area contributed by atoms with E-state index in [1.807, 2.05) is 0 Å². The highest BCUT2D eigenvalue weighted by Crippen LogP contribution is 2.29. The average molecular weight is 301 g/mol. The van der Waals surface area contributed by atoms with Crippen LogP contribution in [0.1, 0.15) is 31.9 Å². The number of benzene rings is 1. The molecule has 6 heteroatoms. The molecule has 21 heavy (non-hydrogen) atoms. The van der Waals surface area contributed by atoms with Crippen LogP contribution in [-0.2, 0) is 22.2 Å². The molecule has 0 atom stereocenters. The summed E-state index contributed by atoms with van der Waals surface area (Å²) in [5, 5.41) is 2.47. The van der Waals surface area contributed by atoms with Crippen LogP contribution in [0.5, 0.6) is 0 Å². The van der Waals surface area contributed by atoms with Gasteiger partial charge in [0.25, 0.3) is 0 Å². The van der Waals surface area contributed by atoms with Crippen molar-refractivity contribution in [3.8, 4) is 0 Å². The van der Waals surface area contributed by atoms with Gasteiger partial charge in [-0.1, -0.05) is 32.9 Å². The summed E-state index contributed by atoms with van der Waals surface area (Å²) in [6, 6.07) is 4.38. The van der Waals surface area contributed by atoms with Crippen LogP contribution in [-0.4, -0.2) is 18.2 Å². The predicted molar refractivity (Wildman–Crippen MR) is 72.6 cm³/mol. The fourth-order valence-corrected chi connectivity index (χ4v) is 1.50. The predicted octanol–water partition coefficient (Wildman–Crippen LogP) is 2.98. The SMILES string of the molecule is CC(C)(C)C(=O)CNC(=O)Cc1ccc(C(F)(F)F)cc1. The first-order valence-electron chi connectivity index (χ1n) is 6.46. The number of Topliss-reactive ketones (excluding diaryl/α,β-unsaturated/α-hetero) is 1. The first-order valence-corrected chi connectivity index (χ1v) is 6.46. The van der Waals surface area contributed by atoms with Crippen molar-refractivity contribution in [2.45, 2.75) is 33.4 Å². The lowest BCUT2D eigenvalue weighted by molar-refractivity contribution is -0.137. The summed E-state index contributed by atoms with van der Waals surface area (Å²) in [7, 11) is 0. The van der Waals surface area contributed by atoms with Crippen LogP contribution in [0.15, 0.2) is 24.3 Å². The van der Waals surface area contributed by atoms with Crippen LogP contribution in [0.25, 0.3) is 0 Å². The lowest BCUT2D eigenvalue weighted by Gasteiger charge is -2.16. The van der Waals surface area contributed by atoms with Gasteiger partial charge in [0.15, 0.2) is 5.78 Å². The standard InChI is InChI=1S/C15H18F3NO2/c1-14(2,3)12(20)9-19-13(21)8-10-4-6-11(7-5-10)15(16,17)18/h4-7H,8-9H2,1-3H3,(H,19,21). The maximum Gasteiger partial charge on any atom is 0.416 e. The van der Waals surface area contributed by atoms with Crippen molar-refractivity contribution in [3.05, 3.63) is 35.4 Å². The van der Waals surface area contributed by atoms with Gasteiger partial charge in [-0.3, -0.25) is 9.59 Å². The van der Waals surface area contributed by atoms with Crippen molar-refractivity contribution in [1.29, 1.82) is 0 Å². The Bertz CT molecular complexity index is 513. The minimum absolute atomic E-state index is 0.0600. The van der Waals surface area contributed by atoms with Crippen LogP contribution >= 0.6 is 0 Å². The van der Waals surface area contributed by atoms with E-state index in [0.717, 1.165) is 12.1 Å². The van der Waals surface area contributed by atoms with Gasteiger partial charge in [0.1, 0.15) is 0 Å². The molecule has 0 saturated heterocycles. The molecule has 116 valence electrons. The van der Waals surface area contributed by atoms with Gasteiger partial charge < -0.3 is 5.32 Å². The number of amides is 1. The molecule has 0 heterocycles. The Labute approximate surface area is 121 Å². The third-order valence-electron chi connectivity index (χ3n) is 2.93. The van der Waals surface area contributed by atoms with Crippen molar-refractivity contribution < 1.29 is 22.8 Å². The molecule has 1 aromatic carbocycles. The van der Waals surface area contributed by atoms with Gasteiger partial charge in [0.2, 0.25) is 5.91 Å². The largest absolute Gasteiger partial charge is 0.416 e. The van der Waals surface area contributed by atoms with Crippen LogP contribution < -0.4 is 5.32 Å². The first kappa shape index (κ1) is 17.2. The topological polar surface area (TPSA) is 46.2 Å². The van der Waals surface area contributed by atoms with E-state index >= 15 is 0 Å². The molecule has 1 rings (SSSR count). The van der Waals surface area contributed by atoms with Crippen LogP contribution in [0.3, 0.4) is 0 Å². The average Bonchev–Trinajstić information content (AvgIpc) is 2.34. The second-order valence-corrected chi connectivity index (χ2v) is 5.82. The van der Waals surface area contributed by atoms with Gasteiger partial charge in [-0.05, 0) is 17.7 Å². The second-order valence-electron chi connectivity index (χ2n) is 5.82. The van der Waals surface area contributed by atoms with Gasteiger partial charge in [0.05, 0.1) is 18.5 Å². The maximum atomic E-state index is 12.4. The Kier molecular flexibility index (Phi) is 5.15. The lowest BCUT2D eigenvalue weighted by atomic mass is 9.91. The Morgan fingerprint density at radius 2 is 1.57 bits per heavy atom. The highest BCUT2D eigenvalue weighted by atomic mass is 19.4. The molecule has 3 nitrogen and oxygen atoms in total. The third-order valence-corrected chi connectivity index (χ3v) is 2.93. The normalized spacial score (nSPS) is 12.1. The Morgan fingerprint density at radius 3 is 2.00 bits per heavy atom. The minimum Gasteiger partial charge on any atom is -0.349 e. The second kappa shape index (κ2) is 6.28. The smallest absolute Gasteiger partial charge is 0.349 e. The molecular formula is C15H18F3NO2. The summed E-state index contributed by atoms with van der Waals surface area (Å²) in [5.41, 5.74) is -0.833. The Balaban J connectivity index is 2.54. The zero-order valence-electron chi connectivity index (χ0n) is 12.2. The van der Waals surface area contributed by atoms with E-state index in [1.54, 1.807) is 20.8 Å². The van der Waals surface area contributed by atoms with Crippen molar-refractivity contribution in [2.24, 2.45) is 5.41 Å². The molecule has 0 bridgehead atoms. The summed E-state index contributed by atoms with van der Waals surface area (Å²) in [5.74, 6) is -0.504. The number of alkyl halides is 3. The molecule has 1 aromatic rings. The number of nitrogens with one attached hydrogen (secondary N) is 1. The van der Waals surface area contributed by atoms with Gasteiger partial charge in [-0.25, -0.2) is 0 Å². The third kappa shape index (κ3) is 5.57. The van der Waals surface area contributed by atoms with E-state index in [0.29, 0.717) is 5.56 Å². The van der Waals surface area contributed by atoms with Crippen molar-refractivity contribution in [3.63, 3.8) is 0 Å². The van der Waals surface area contributed by atoms with Crippen molar-refractivity contribution >= 4 is 11.7 Å². The number of hydrogen-bond acceptors (Lipinski definition) is 2. The van der Waals surface area contributed by atoms with Crippen LogP contribution in [0.2, 0.25) is 0 Å². The molecule has 1 amide bonds. The molecule has 0 spiro atoms. The number of hydrogen-bond donors (Lipinski definition) is 1. The molecule has 0 aliphatic rings.